The number of hydrogen-bond acceptors (Lipinski definition) is 4. The maximum absolute atomic E-state index is 13.0. The Balaban J connectivity index is 1.77. The van der Waals surface area contributed by atoms with Gasteiger partial charge in [0, 0.05) is 13.1 Å². The summed E-state index contributed by atoms with van der Waals surface area (Å²) in [6, 6.07) is 5.31. The van der Waals surface area contributed by atoms with E-state index in [0.717, 1.165) is 37.1 Å². The third kappa shape index (κ3) is 3.64. The van der Waals surface area contributed by atoms with Crippen LogP contribution in [0.15, 0.2) is 30.5 Å². The summed E-state index contributed by atoms with van der Waals surface area (Å²) >= 11 is 6.65. The maximum Gasteiger partial charge on any atom is 0.418 e. The summed E-state index contributed by atoms with van der Waals surface area (Å²) < 4.78 is 39.0. The zero-order chi connectivity index (χ0) is 16.4. The van der Waals surface area contributed by atoms with E-state index in [4.69, 9.17) is 12.2 Å². The Morgan fingerprint density at radius 1 is 1.22 bits per heavy atom. The van der Waals surface area contributed by atoms with Crippen LogP contribution in [0.5, 0.6) is 0 Å². The first-order valence-electron chi connectivity index (χ1n) is 7.13. The molecular weight excluding hydrogens is 343 g/mol. The van der Waals surface area contributed by atoms with Crippen LogP contribution in [0, 0.1) is 0 Å². The van der Waals surface area contributed by atoms with Crippen molar-refractivity contribution < 1.29 is 13.2 Å². The molecule has 8 heteroatoms. The van der Waals surface area contributed by atoms with Gasteiger partial charge in [0.1, 0.15) is 4.99 Å². The molecule has 2 heterocycles. The number of hydrogen-bond donors (Lipinski definition) is 1. The third-order valence-corrected chi connectivity index (χ3v) is 5.10. The van der Waals surface area contributed by atoms with Gasteiger partial charge in [-0.3, -0.25) is 0 Å². The third-order valence-electron chi connectivity index (χ3n) is 3.57. The Bertz CT molecular complexity index is 706. The lowest BCUT2D eigenvalue weighted by atomic mass is 10.1. The predicted octanol–water partition coefficient (Wildman–Crippen LogP) is 4.55. The van der Waals surface area contributed by atoms with Gasteiger partial charge < -0.3 is 10.2 Å². The summed E-state index contributed by atoms with van der Waals surface area (Å²) in [5.74, 6) is 0. The summed E-state index contributed by atoms with van der Waals surface area (Å²) in [6.07, 6.45) is -0.537. The van der Waals surface area contributed by atoms with Crippen LogP contribution in [0.1, 0.15) is 23.3 Å². The van der Waals surface area contributed by atoms with Gasteiger partial charge in [0.15, 0.2) is 5.13 Å². The molecule has 0 saturated carbocycles. The number of halogens is 3. The number of thiocarbonyl (C=S) groups is 1. The number of aromatic nitrogens is 1. The zero-order valence-electron chi connectivity index (χ0n) is 12.1. The molecule has 3 rings (SSSR count). The molecule has 1 fully saturated rings. The normalized spacial score (nSPS) is 15.0. The lowest BCUT2D eigenvalue weighted by Gasteiger charge is -2.14. The largest absolute Gasteiger partial charge is 0.418 e. The molecule has 1 aromatic heterocycles. The molecule has 1 saturated heterocycles. The number of alkyl halides is 3. The van der Waals surface area contributed by atoms with Crippen LogP contribution >= 0.6 is 23.6 Å². The van der Waals surface area contributed by atoms with Crippen molar-refractivity contribution in [2.24, 2.45) is 0 Å². The molecule has 1 aliphatic heterocycles. The maximum atomic E-state index is 13.0. The molecule has 0 amide bonds. The summed E-state index contributed by atoms with van der Waals surface area (Å²) in [4.78, 5) is 7.41. The SMILES string of the molecule is FC(F)(F)c1ccccc1NC(=S)c1cnc(N2CCCC2)s1. The number of para-hydroxylation sites is 1. The highest BCUT2D eigenvalue weighted by molar-refractivity contribution is 7.81. The minimum absolute atomic E-state index is 0.0406. The van der Waals surface area contributed by atoms with Gasteiger partial charge in [0.05, 0.1) is 22.3 Å². The van der Waals surface area contributed by atoms with Gasteiger partial charge >= 0.3 is 6.18 Å². The number of nitrogens with one attached hydrogen (secondary N) is 1. The van der Waals surface area contributed by atoms with Crippen molar-refractivity contribution in [3.63, 3.8) is 0 Å². The van der Waals surface area contributed by atoms with Crippen LogP contribution in [0.2, 0.25) is 0 Å². The molecule has 0 radical (unpaired) electrons. The quantitative estimate of drug-likeness (QED) is 0.816. The average Bonchev–Trinajstić information content (AvgIpc) is 3.18. The molecular formula is C15H14F3N3S2. The van der Waals surface area contributed by atoms with E-state index >= 15 is 0 Å². The van der Waals surface area contributed by atoms with Crippen LogP contribution < -0.4 is 10.2 Å². The summed E-state index contributed by atoms with van der Waals surface area (Å²) in [6.45, 7) is 1.92. The van der Waals surface area contributed by atoms with Gasteiger partial charge in [-0.15, -0.1) is 0 Å². The number of anilines is 2. The molecule has 1 aliphatic rings. The fourth-order valence-corrected chi connectivity index (χ4v) is 3.60. The Kier molecular flexibility index (Phi) is 4.54. The van der Waals surface area contributed by atoms with Gasteiger partial charge in [0.2, 0.25) is 0 Å². The molecule has 0 aliphatic carbocycles. The van der Waals surface area contributed by atoms with Crippen LogP contribution in [0.3, 0.4) is 0 Å². The molecule has 2 aromatic rings. The number of nitrogens with zero attached hydrogens (tertiary/aromatic N) is 2. The highest BCUT2D eigenvalue weighted by atomic mass is 32.1. The predicted molar refractivity (Wildman–Crippen MR) is 90.3 cm³/mol. The molecule has 0 unspecified atom stereocenters. The second kappa shape index (κ2) is 6.45. The van der Waals surface area contributed by atoms with E-state index in [0.29, 0.717) is 4.88 Å². The summed E-state index contributed by atoms with van der Waals surface area (Å²) in [5, 5.41) is 3.57. The lowest BCUT2D eigenvalue weighted by molar-refractivity contribution is -0.136. The average molecular weight is 357 g/mol. The van der Waals surface area contributed by atoms with E-state index in [-0.39, 0.29) is 10.7 Å². The number of rotatable bonds is 3. The van der Waals surface area contributed by atoms with E-state index < -0.39 is 11.7 Å². The van der Waals surface area contributed by atoms with Crippen molar-refractivity contribution >= 4 is 39.4 Å². The van der Waals surface area contributed by atoms with E-state index in [1.54, 1.807) is 12.3 Å². The van der Waals surface area contributed by atoms with E-state index in [9.17, 15) is 13.2 Å². The van der Waals surface area contributed by atoms with Crippen LogP contribution in [0.25, 0.3) is 0 Å². The van der Waals surface area contributed by atoms with Crippen LogP contribution in [0.4, 0.5) is 24.0 Å². The molecule has 1 aromatic carbocycles. The Morgan fingerprint density at radius 3 is 2.61 bits per heavy atom. The van der Waals surface area contributed by atoms with Crippen molar-refractivity contribution in [1.29, 1.82) is 0 Å². The van der Waals surface area contributed by atoms with Crippen molar-refractivity contribution in [2.75, 3.05) is 23.3 Å². The molecule has 1 N–H and O–H groups in total. The van der Waals surface area contributed by atoms with Gasteiger partial charge in [-0.2, -0.15) is 13.2 Å². The van der Waals surface area contributed by atoms with Crippen LogP contribution in [-0.4, -0.2) is 23.1 Å². The topological polar surface area (TPSA) is 28.2 Å². The molecule has 23 heavy (non-hydrogen) atoms. The van der Waals surface area contributed by atoms with Gasteiger partial charge in [-0.25, -0.2) is 4.98 Å². The monoisotopic (exact) mass is 357 g/mol. The Labute approximate surface area is 141 Å². The van der Waals surface area contributed by atoms with E-state index in [1.165, 1.54) is 23.5 Å². The fraction of sp³-hybridized carbons (Fsp3) is 0.333. The van der Waals surface area contributed by atoms with Crippen molar-refractivity contribution in [2.45, 2.75) is 19.0 Å². The van der Waals surface area contributed by atoms with Gasteiger partial charge in [-0.1, -0.05) is 35.7 Å². The molecule has 0 atom stereocenters. The standard InChI is InChI=1S/C15H14F3N3S2/c16-15(17,18)10-5-1-2-6-11(10)20-13(22)12-9-19-14(23-12)21-7-3-4-8-21/h1-2,5-6,9H,3-4,7-8H2,(H,20,22). The van der Waals surface area contributed by atoms with E-state index in [2.05, 4.69) is 15.2 Å². The first-order chi connectivity index (χ1) is 10.9. The zero-order valence-corrected chi connectivity index (χ0v) is 13.7. The van der Waals surface area contributed by atoms with Crippen molar-refractivity contribution in [1.82, 2.24) is 4.98 Å². The minimum atomic E-state index is -4.42. The molecule has 122 valence electrons. The number of thiazole rings is 1. The fourth-order valence-electron chi connectivity index (χ4n) is 2.45. The summed E-state index contributed by atoms with van der Waals surface area (Å²) in [7, 11) is 0. The Hall–Kier alpha value is -1.67. The number of benzene rings is 1. The van der Waals surface area contributed by atoms with E-state index in [1.807, 2.05) is 0 Å². The molecule has 0 spiro atoms. The summed E-state index contributed by atoms with van der Waals surface area (Å²) in [5.41, 5.74) is -0.771. The van der Waals surface area contributed by atoms with Gasteiger partial charge in [0.25, 0.3) is 0 Å². The lowest BCUT2D eigenvalue weighted by Crippen LogP contribution is -2.17. The highest BCUT2D eigenvalue weighted by Gasteiger charge is 2.33. The van der Waals surface area contributed by atoms with Gasteiger partial charge in [-0.05, 0) is 25.0 Å². The van der Waals surface area contributed by atoms with Crippen molar-refractivity contribution in [3.05, 3.63) is 40.9 Å². The first kappa shape index (κ1) is 16.2. The minimum Gasteiger partial charge on any atom is -0.348 e. The van der Waals surface area contributed by atoms with Crippen LogP contribution in [-0.2, 0) is 6.18 Å². The smallest absolute Gasteiger partial charge is 0.348 e. The molecule has 0 bridgehead atoms. The second-order valence-electron chi connectivity index (χ2n) is 5.20. The molecule has 3 nitrogen and oxygen atoms in total. The highest BCUT2D eigenvalue weighted by Crippen LogP contribution is 2.35. The first-order valence-corrected chi connectivity index (χ1v) is 8.36. The second-order valence-corrected chi connectivity index (χ2v) is 6.62. The Morgan fingerprint density at radius 2 is 1.91 bits per heavy atom. The van der Waals surface area contributed by atoms with Crippen molar-refractivity contribution in [3.8, 4) is 0 Å².